The fourth-order valence-corrected chi connectivity index (χ4v) is 3.89. The molecule has 0 aliphatic carbocycles. The number of anilines is 1. The Kier molecular flexibility index (Phi) is 4.27. The number of hydrogen-bond acceptors (Lipinski definition) is 6. The molecular weight excluding hydrogens is 327 g/mol. The molecule has 1 N–H and O–H groups in total. The van der Waals surface area contributed by atoms with Crippen molar-refractivity contribution in [3.8, 4) is 5.75 Å². The number of aromatic nitrogens is 2. The number of benzene rings is 1. The van der Waals surface area contributed by atoms with Crippen LogP contribution in [0, 0.1) is 5.82 Å². The highest BCUT2D eigenvalue weighted by atomic mass is 32.1. The van der Waals surface area contributed by atoms with E-state index < -0.39 is 0 Å². The molecule has 0 unspecified atom stereocenters. The van der Waals surface area contributed by atoms with Crippen molar-refractivity contribution in [2.45, 2.75) is 6.04 Å². The fraction of sp³-hybridized carbons (Fsp3) is 0.294. The third-order valence-electron chi connectivity index (χ3n) is 4.03. The topological polar surface area (TPSA) is 50.3 Å². The number of fused-ring (bicyclic) bond motifs is 1. The van der Waals surface area contributed by atoms with Crippen LogP contribution in [0.5, 0.6) is 5.75 Å². The van der Waals surface area contributed by atoms with Crippen molar-refractivity contribution in [3.05, 3.63) is 48.5 Å². The average Bonchev–Trinajstić information content (AvgIpc) is 3.07. The molecule has 124 valence electrons. The third-order valence-corrected chi connectivity index (χ3v) is 5.09. The second kappa shape index (κ2) is 6.70. The molecule has 1 saturated heterocycles. The number of nitrogens with zero attached hydrogens (tertiary/aromatic N) is 3. The zero-order valence-electron chi connectivity index (χ0n) is 13.0. The number of halogens is 1. The summed E-state index contributed by atoms with van der Waals surface area (Å²) in [7, 11) is 0. The molecule has 0 amide bonds. The van der Waals surface area contributed by atoms with Crippen molar-refractivity contribution in [2.24, 2.45) is 0 Å². The van der Waals surface area contributed by atoms with E-state index in [1.54, 1.807) is 18.5 Å². The zero-order chi connectivity index (χ0) is 16.4. The van der Waals surface area contributed by atoms with E-state index in [2.05, 4.69) is 20.2 Å². The van der Waals surface area contributed by atoms with Crippen LogP contribution in [-0.2, 0) is 0 Å². The normalized spacial score (nSPS) is 18.0. The predicted octanol–water partition coefficient (Wildman–Crippen LogP) is 2.69. The maximum absolute atomic E-state index is 13.9. The number of ether oxygens (including phenoxy) is 1. The zero-order valence-corrected chi connectivity index (χ0v) is 13.8. The van der Waals surface area contributed by atoms with Crippen molar-refractivity contribution < 1.29 is 9.13 Å². The van der Waals surface area contributed by atoms with Crippen molar-refractivity contribution in [2.75, 3.05) is 31.1 Å². The van der Waals surface area contributed by atoms with Crippen LogP contribution in [-0.4, -0.2) is 42.3 Å². The molecule has 0 saturated carbocycles. The van der Waals surface area contributed by atoms with Gasteiger partial charge in [0.25, 0.3) is 0 Å². The van der Waals surface area contributed by atoms with Crippen LogP contribution in [0.15, 0.2) is 42.7 Å². The first-order chi connectivity index (χ1) is 11.8. The minimum absolute atomic E-state index is 0.141. The molecule has 0 radical (unpaired) electrons. The molecule has 1 atom stereocenters. The van der Waals surface area contributed by atoms with Gasteiger partial charge >= 0.3 is 0 Å². The van der Waals surface area contributed by atoms with Gasteiger partial charge in [-0.05, 0) is 24.3 Å². The van der Waals surface area contributed by atoms with Gasteiger partial charge in [0.2, 0.25) is 0 Å². The highest BCUT2D eigenvalue weighted by molar-refractivity contribution is 7.22. The molecule has 2 aromatic heterocycles. The third kappa shape index (κ3) is 3.05. The molecular formula is C17H17FN4OS. The van der Waals surface area contributed by atoms with Crippen LogP contribution in [0.2, 0.25) is 0 Å². The first-order valence-electron chi connectivity index (χ1n) is 7.86. The lowest BCUT2D eigenvalue weighted by molar-refractivity contribution is 0.266. The summed E-state index contributed by atoms with van der Waals surface area (Å²) in [6.07, 6.45) is 3.42. The van der Waals surface area contributed by atoms with E-state index in [0.29, 0.717) is 12.1 Å². The Bertz CT molecular complexity index is 826. The maximum atomic E-state index is 13.9. The monoisotopic (exact) mass is 344 g/mol. The first-order valence-corrected chi connectivity index (χ1v) is 8.68. The van der Waals surface area contributed by atoms with E-state index in [9.17, 15) is 4.39 Å². The SMILES string of the molecule is Fc1cccc2sc(N3CCNC[C@@H]3COc3cccnc3)nc12. The summed E-state index contributed by atoms with van der Waals surface area (Å²) in [5.74, 6) is 0.478. The van der Waals surface area contributed by atoms with Gasteiger partial charge in [0.15, 0.2) is 5.13 Å². The van der Waals surface area contributed by atoms with E-state index in [4.69, 9.17) is 4.74 Å². The van der Waals surface area contributed by atoms with E-state index in [1.165, 1.54) is 17.4 Å². The van der Waals surface area contributed by atoms with Crippen LogP contribution in [0.1, 0.15) is 0 Å². The molecule has 7 heteroatoms. The second-order valence-corrected chi connectivity index (χ2v) is 6.64. The number of thiazole rings is 1. The Hall–Kier alpha value is -2.25. The van der Waals surface area contributed by atoms with Gasteiger partial charge in [0, 0.05) is 25.8 Å². The van der Waals surface area contributed by atoms with Gasteiger partial charge < -0.3 is 15.0 Å². The van der Waals surface area contributed by atoms with E-state index in [1.807, 2.05) is 18.2 Å². The largest absolute Gasteiger partial charge is 0.490 e. The first kappa shape index (κ1) is 15.3. The summed E-state index contributed by atoms with van der Waals surface area (Å²) in [5.41, 5.74) is 0.447. The lowest BCUT2D eigenvalue weighted by Gasteiger charge is -2.35. The van der Waals surface area contributed by atoms with Gasteiger partial charge in [0.05, 0.1) is 16.9 Å². The van der Waals surface area contributed by atoms with Gasteiger partial charge in [-0.15, -0.1) is 0 Å². The molecule has 24 heavy (non-hydrogen) atoms. The Labute approximate surface area is 143 Å². The lowest BCUT2D eigenvalue weighted by atomic mass is 10.2. The predicted molar refractivity (Wildman–Crippen MR) is 93.3 cm³/mol. The quantitative estimate of drug-likeness (QED) is 0.789. The molecule has 0 spiro atoms. The maximum Gasteiger partial charge on any atom is 0.187 e. The van der Waals surface area contributed by atoms with Crippen molar-refractivity contribution >= 4 is 26.7 Å². The van der Waals surface area contributed by atoms with E-state index >= 15 is 0 Å². The van der Waals surface area contributed by atoms with Gasteiger partial charge in [-0.25, -0.2) is 9.37 Å². The molecule has 3 heterocycles. The summed E-state index contributed by atoms with van der Waals surface area (Å²) in [6, 6.07) is 8.96. The molecule has 0 bridgehead atoms. The minimum Gasteiger partial charge on any atom is -0.490 e. The Morgan fingerprint density at radius 1 is 1.33 bits per heavy atom. The van der Waals surface area contributed by atoms with Crippen LogP contribution in [0.25, 0.3) is 10.2 Å². The molecule has 1 fully saturated rings. The highest BCUT2D eigenvalue weighted by Gasteiger charge is 2.26. The standard InChI is InChI=1S/C17H17FN4OS/c18-14-4-1-5-15-16(14)21-17(24-15)22-8-7-20-9-12(22)11-23-13-3-2-6-19-10-13/h1-6,10,12,20H,7-9,11H2/t12-/m1/s1. The highest BCUT2D eigenvalue weighted by Crippen LogP contribution is 2.31. The Morgan fingerprint density at radius 2 is 2.29 bits per heavy atom. The average molecular weight is 344 g/mol. The van der Waals surface area contributed by atoms with Crippen molar-refractivity contribution in [1.82, 2.24) is 15.3 Å². The number of pyridine rings is 1. The van der Waals surface area contributed by atoms with Gasteiger partial charge in [0.1, 0.15) is 23.7 Å². The summed E-state index contributed by atoms with van der Waals surface area (Å²) in [4.78, 5) is 10.8. The number of para-hydroxylation sites is 1. The van der Waals surface area contributed by atoms with Gasteiger partial charge in [-0.3, -0.25) is 4.98 Å². The van der Waals surface area contributed by atoms with Crippen LogP contribution in [0.3, 0.4) is 0 Å². The number of piperazine rings is 1. The van der Waals surface area contributed by atoms with E-state index in [0.717, 1.165) is 35.2 Å². The summed E-state index contributed by atoms with van der Waals surface area (Å²) in [6.45, 7) is 3.03. The Balaban J connectivity index is 1.55. The summed E-state index contributed by atoms with van der Waals surface area (Å²) in [5, 5.41) is 4.23. The molecule has 1 aromatic carbocycles. The molecule has 1 aliphatic rings. The molecule has 1 aliphatic heterocycles. The smallest absolute Gasteiger partial charge is 0.187 e. The fourth-order valence-electron chi connectivity index (χ4n) is 2.81. The number of hydrogen-bond donors (Lipinski definition) is 1. The van der Waals surface area contributed by atoms with Crippen LogP contribution >= 0.6 is 11.3 Å². The number of nitrogens with one attached hydrogen (secondary N) is 1. The van der Waals surface area contributed by atoms with Crippen molar-refractivity contribution in [3.63, 3.8) is 0 Å². The lowest BCUT2D eigenvalue weighted by Crippen LogP contribution is -2.54. The minimum atomic E-state index is -0.270. The molecule has 4 rings (SSSR count). The van der Waals surface area contributed by atoms with Gasteiger partial charge in [-0.1, -0.05) is 17.4 Å². The van der Waals surface area contributed by atoms with E-state index in [-0.39, 0.29) is 11.9 Å². The van der Waals surface area contributed by atoms with Crippen molar-refractivity contribution in [1.29, 1.82) is 0 Å². The molecule has 5 nitrogen and oxygen atoms in total. The summed E-state index contributed by atoms with van der Waals surface area (Å²) < 4.78 is 20.6. The number of rotatable bonds is 4. The van der Waals surface area contributed by atoms with Gasteiger partial charge in [-0.2, -0.15) is 0 Å². The second-order valence-electron chi connectivity index (χ2n) is 5.63. The van der Waals surface area contributed by atoms with Crippen LogP contribution < -0.4 is 15.0 Å². The molecule has 3 aromatic rings. The Morgan fingerprint density at radius 3 is 3.12 bits per heavy atom. The summed E-state index contributed by atoms with van der Waals surface area (Å²) >= 11 is 1.52. The van der Waals surface area contributed by atoms with Crippen LogP contribution in [0.4, 0.5) is 9.52 Å².